The van der Waals surface area contributed by atoms with E-state index in [2.05, 4.69) is 22.2 Å². The quantitative estimate of drug-likeness (QED) is 0.875. The highest BCUT2D eigenvalue weighted by Gasteiger charge is 2.12. The summed E-state index contributed by atoms with van der Waals surface area (Å²) >= 11 is 0. The Kier molecular flexibility index (Phi) is 4.90. The first kappa shape index (κ1) is 14.3. The normalized spacial score (nSPS) is 11.9. The fourth-order valence-electron chi connectivity index (χ4n) is 1.97. The van der Waals surface area contributed by atoms with Crippen molar-refractivity contribution in [3.8, 4) is 11.5 Å². The first-order chi connectivity index (χ1) is 9.74. The minimum Gasteiger partial charge on any atom is -0.497 e. The largest absolute Gasteiger partial charge is 0.497 e. The van der Waals surface area contributed by atoms with E-state index in [0.29, 0.717) is 6.54 Å². The van der Waals surface area contributed by atoms with Crippen molar-refractivity contribution in [2.24, 2.45) is 0 Å². The standard InChI is InChI=1S/C15H19N3O2/c1-11(17-9-12-6-7-16-10-18-12)14-5-4-13(19-2)8-15(14)20-3/h4-8,10-11,17H,9H2,1-3H3. The van der Waals surface area contributed by atoms with Gasteiger partial charge in [0.05, 0.1) is 19.9 Å². The lowest BCUT2D eigenvalue weighted by atomic mass is 10.1. The van der Waals surface area contributed by atoms with E-state index in [9.17, 15) is 0 Å². The number of hydrogen-bond donors (Lipinski definition) is 1. The molecule has 0 aliphatic carbocycles. The topological polar surface area (TPSA) is 56.3 Å². The Balaban J connectivity index is 2.07. The molecule has 1 atom stereocenters. The molecule has 5 heteroatoms. The molecule has 1 aromatic carbocycles. The monoisotopic (exact) mass is 273 g/mol. The minimum absolute atomic E-state index is 0.144. The summed E-state index contributed by atoms with van der Waals surface area (Å²) in [6, 6.07) is 7.87. The third-order valence-electron chi connectivity index (χ3n) is 3.14. The van der Waals surface area contributed by atoms with Crippen LogP contribution in [0.25, 0.3) is 0 Å². The van der Waals surface area contributed by atoms with E-state index >= 15 is 0 Å². The molecule has 0 spiro atoms. The first-order valence-electron chi connectivity index (χ1n) is 6.44. The van der Waals surface area contributed by atoms with Crippen LogP contribution in [0.2, 0.25) is 0 Å². The summed E-state index contributed by atoms with van der Waals surface area (Å²) in [6.45, 7) is 2.77. The van der Waals surface area contributed by atoms with Crippen LogP contribution in [0.4, 0.5) is 0 Å². The number of aromatic nitrogens is 2. The molecule has 0 bridgehead atoms. The fraction of sp³-hybridized carbons (Fsp3) is 0.333. The SMILES string of the molecule is COc1ccc(C(C)NCc2ccncn2)c(OC)c1. The summed E-state index contributed by atoms with van der Waals surface area (Å²) < 4.78 is 10.6. The number of nitrogens with one attached hydrogen (secondary N) is 1. The summed E-state index contributed by atoms with van der Waals surface area (Å²) in [5.41, 5.74) is 2.04. The van der Waals surface area contributed by atoms with Gasteiger partial charge in [-0.2, -0.15) is 0 Å². The lowest BCUT2D eigenvalue weighted by molar-refractivity contribution is 0.385. The highest BCUT2D eigenvalue weighted by atomic mass is 16.5. The van der Waals surface area contributed by atoms with Gasteiger partial charge in [-0.05, 0) is 19.1 Å². The van der Waals surface area contributed by atoms with Gasteiger partial charge >= 0.3 is 0 Å². The van der Waals surface area contributed by atoms with Gasteiger partial charge in [0.2, 0.25) is 0 Å². The van der Waals surface area contributed by atoms with Crippen molar-refractivity contribution in [2.75, 3.05) is 14.2 Å². The van der Waals surface area contributed by atoms with Crippen LogP contribution in [0, 0.1) is 0 Å². The molecule has 0 radical (unpaired) electrons. The lowest BCUT2D eigenvalue weighted by Crippen LogP contribution is -2.19. The van der Waals surface area contributed by atoms with Crippen molar-refractivity contribution in [3.05, 3.63) is 48.0 Å². The van der Waals surface area contributed by atoms with Crippen LogP contribution in [-0.2, 0) is 6.54 Å². The second-order valence-corrected chi connectivity index (χ2v) is 4.41. The molecule has 2 rings (SSSR count). The molecule has 0 fully saturated rings. The van der Waals surface area contributed by atoms with Gasteiger partial charge in [0.1, 0.15) is 17.8 Å². The second kappa shape index (κ2) is 6.86. The van der Waals surface area contributed by atoms with E-state index in [0.717, 1.165) is 22.8 Å². The first-order valence-corrected chi connectivity index (χ1v) is 6.44. The summed E-state index contributed by atoms with van der Waals surface area (Å²) in [5, 5.41) is 3.42. The van der Waals surface area contributed by atoms with Crippen molar-refractivity contribution >= 4 is 0 Å². The molecule has 106 valence electrons. The van der Waals surface area contributed by atoms with Crippen LogP contribution < -0.4 is 14.8 Å². The molecule has 2 aromatic rings. The Morgan fingerprint density at radius 1 is 1.20 bits per heavy atom. The van der Waals surface area contributed by atoms with Crippen molar-refractivity contribution in [1.29, 1.82) is 0 Å². The van der Waals surface area contributed by atoms with Crippen molar-refractivity contribution in [1.82, 2.24) is 15.3 Å². The van der Waals surface area contributed by atoms with Gasteiger partial charge in [0.15, 0.2) is 0 Å². The van der Waals surface area contributed by atoms with Gasteiger partial charge in [-0.1, -0.05) is 6.07 Å². The molecular weight excluding hydrogens is 254 g/mol. The number of hydrogen-bond acceptors (Lipinski definition) is 5. The lowest BCUT2D eigenvalue weighted by Gasteiger charge is -2.17. The number of benzene rings is 1. The van der Waals surface area contributed by atoms with E-state index in [-0.39, 0.29) is 6.04 Å². The van der Waals surface area contributed by atoms with E-state index in [1.807, 2.05) is 24.3 Å². The summed E-state index contributed by atoms with van der Waals surface area (Å²) in [6.07, 6.45) is 3.29. The predicted molar refractivity (Wildman–Crippen MR) is 76.8 cm³/mol. The molecular formula is C15H19N3O2. The van der Waals surface area contributed by atoms with Crippen LogP contribution in [0.3, 0.4) is 0 Å². The summed E-state index contributed by atoms with van der Waals surface area (Å²) in [5.74, 6) is 1.60. The summed E-state index contributed by atoms with van der Waals surface area (Å²) in [7, 11) is 3.31. The van der Waals surface area contributed by atoms with E-state index in [1.54, 1.807) is 26.7 Å². The molecule has 20 heavy (non-hydrogen) atoms. The Morgan fingerprint density at radius 3 is 2.70 bits per heavy atom. The summed E-state index contributed by atoms with van der Waals surface area (Å²) in [4.78, 5) is 8.09. The van der Waals surface area contributed by atoms with Crippen LogP contribution >= 0.6 is 0 Å². The average molecular weight is 273 g/mol. The molecule has 1 aromatic heterocycles. The average Bonchev–Trinajstić information content (AvgIpc) is 2.52. The smallest absolute Gasteiger partial charge is 0.127 e. The maximum absolute atomic E-state index is 5.42. The highest BCUT2D eigenvalue weighted by Crippen LogP contribution is 2.29. The zero-order valence-corrected chi connectivity index (χ0v) is 12.0. The van der Waals surface area contributed by atoms with Crippen molar-refractivity contribution in [3.63, 3.8) is 0 Å². The minimum atomic E-state index is 0.144. The van der Waals surface area contributed by atoms with Gasteiger partial charge < -0.3 is 14.8 Å². The molecule has 1 N–H and O–H groups in total. The third-order valence-corrected chi connectivity index (χ3v) is 3.14. The Morgan fingerprint density at radius 2 is 2.05 bits per heavy atom. The highest BCUT2D eigenvalue weighted by molar-refractivity contribution is 5.42. The number of rotatable bonds is 6. The Bertz CT molecular complexity index is 546. The molecule has 0 aliphatic heterocycles. The predicted octanol–water partition coefficient (Wildman–Crippen LogP) is 2.34. The van der Waals surface area contributed by atoms with Crippen molar-refractivity contribution < 1.29 is 9.47 Å². The fourth-order valence-corrected chi connectivity index (χ4v) is 1.97. The molecule has 1 unspecified atom stereocenters. The maximum atomic E-state index is 5.42. The second-order valence-electron chi connectivity index (χ2n) is 4.41. The number of nitrogens with zero attached hydrogens (tertiary/aromatic N) is 2. The Hall–Kier alpha value is -2.14. The molecule has 1 heterocycles. The van der Waals surface area contributed by atoms with Crippen molar-refractivity contribution in [2.45, 2.75) is 19.5 Å². The van der Waals surface area contributed by atoms with Gasteiger partial charge in [0, 0.05) is 30.4 Å². The van der Waals surface area contributed by atoms with Gasteiger partial charge in [-0.25, -0.2) is 9.97 Å². The van der Waals surface area contributed by atoms with Crippen LogP contribution in [0.1, 0.15) is 24.2 Å². The van der Waals surface area contributed by atoms with E-state index in [1.165, 1.54) is 0 Å². The number of ether oxygens (including phenoxy) is 2. The molecule has 0 aliphatic rings. The van der Waals surface area contributed by atoms with Crippen LogP contribution in [0.5, 0.6) is 11.5 Å². The van der Waals surface area contributed by atoms with Gasteiger partial charge in [0.25, 0.3) is 0 Å². The Labute approximate surface area is 119 Å². The third kappa shape index (κ3) is 3.45. The zero-order chi connectivity index (χ0) is 14.4. The molecule has 5 nitrogen and oxygen atoms in total. The maximum Gasteiger partial charge on any atom is 0.127 e. The molecule has 0 saturated carbocycles. The zero-order valence-electron chi connectivity index (χ0n) is 12.0. The number of methoxy groups -OCH3 is 2. The van der Waals surface area contributed by atoms with E-state index in [4.69, 9.17) is 9.47 Å². The van der Waals surface area contributed by atoms with Gasteiger partial charge in [-0.3, -0.25) is 0 Å². The van der Waals surface area contributed by atoms with E-state index < -0.39 is 0 Å². The van der Waals surface area contributed by atoms with Gasteiger partial charge in [-0.15, -0.1) is 0 Å². The van der Waals surface area contributed by atoms with Crippen LogP contribution in [0.15, 0.2) is 36.8 Å². The molecule has 0 saturated heterocycles. The van der Waals surface area contributed by atoms with Crippen LogP contribution in [-0.4, -0.2) is 24.2 Å². The molecule has 0 amide bonds.